The van der Waals surface area contributed by atoms with Gasteiger partial charge in [0.05, 0.1) is 23.0 Å². The van der Waals surface area contributed by atoms with Gasteiger partial charge >= 0.3 is 0 Å². The number of carbonyl (C=O) groups excluding carboxylic acids is 1. The van der Waals surface area contributed by atoms with Gasteiger partial charge in [0.15, 0.2) is 0 Å². The summed E-state index contributed by atoms with van der Waals surface area (Å²) < 4.78 is 1.56. The number of hydrogen-bond acceptors (Lipinski definition) is 4. The Hall–Kier alpha value is -3.02. The van der Waals surface area contributed by atoms with E-state index in [4.69, 9.17) is 11.5 Å². The van der Waals surface area contributed by atoms with E-state index < -0.39 is 5.91 Å². The van der Waals surface area contributed by atoms with Crippen molar-refractivity contribution in [3.05, 3.63) is 47.3 Å². The van der Waals surface area contributed by atoms with Crippen LogP contribution in [-0.4, -0.2) is 20.6 Å². The monoisotopic (exact) mass is 296 g/mol. The lowest BCUT2D eigenvalue weighted by atomic mass is 9.93. The van der Waals surface area contributed by atoms with E-state index in [1.807, 2.05) is 6.92 Å². The van der Waals surface area contributed by atoms with E-state index in [9.17, 15) is 9.90 Å². The molecule has 0 saturated heterocycles. The molecule has 0 aliphatic heterocycles. The number of fused-ring (bicyclic) bond motifs is 1. The van der Waals surface area contributed by atoms with E-state index >= 15 is 0 Å². The van der Waals surface area contributed by atoms with Crippen LogP contribution >= 0.6 is 0 Å². The zero-order chi connectivity index (χ0) is 16.0. The number of aryl methyl sites for hydroxylation is 1. The zero-order valence-corrected chi connectivity index (χ0v) is 12.3. The van der Waals surface area contributed by atoms with Gasteiger partial charge < -0.3 is 16.6 Å². The largest absolute Gasteiger partial charge is 0.508 e. The molecule has 6 nitrogen and oxygen atoms in total. The van der Waals surface area contributed by atoms with Crippen LogP contribution in [0.2, 0.25) is 0 Å². The number of primary amides is 1. The van der Waals surface area contributed by atoms with Crippen molar-refractivity contribution < 1.29 is 9.90 Å². The Kier molecular flexibility index (Phi) is 3.02. The Bertz CT molecular complexity index is 912. The zero-order valence-electron chi connectivity index (χ0n) is 12.3. The Balaban J connectivity index is 2.45. The highest BCUT2D eigenvalue weighted by Gasteiger charge is 2.20. The summed E-state index contributed by atoms with van der Waals surface area (Å²) in [4.78, 5) is 11.8. The number of hydrogen-bond donors (Lipinski definition) is 3. The molecule has 112 valence electrons. The number of aromatic nitrogens is 2. The number of amides is 1. The summed E-state index contributed by atoms with van der Waals surface area (Å²) in [6.45, 7) is 3.72. The number of rotatable bonds is 2. The molecule has 1 amide bonds. The van der Waals surface area contributed by atoms with Crippen molar-refractivity contribution in [2.24, 2.45) is 5.73 Å². The first kappa shape index (κ1) is 13.9. The number of anilines is 1. The van der Waals surface area contributed by atoms with E-state index in [1.165, 1.54) is 0 Å². The van der Waals surface area contributed by atoms with Gasteiger partial charge in [-0.2, -0.15) is 5.10 Å². The molecule has 0 radical (unpaired) electrons. The number of pyridine rings is 1. The summed E-state index contributed by atoms with van der Waals surface area (Å²) in [6.07, 6.45) is 3.32. The average Bonchev–Trinajstić information content (AvgIpc) is 2.91. The van der Waals surface area contributed by atoms with E-state index in [0.717, 1.165) is 11.1 Å². The molecule has 0 unspecified atom stereocenters. The summed E-state index contributed by atoms with van der Waals surface area (Å²) >= 11 is 0. The number of benzene rings is 1. The second-order valence-electron chi connectivity index (χ2n) is 5.26. The van der Waals surface area contributed by atoms with Crippen LogP contribution in [0.1, 0.15) is 21.5 Å². The topological polar surface area (TPSA) is 107 Å². The molecule has 0 bridgehead atoms. The van der Waals surface area contributed by atoms with Gasteiger partial charge in [-0.15, -0.1) is 0 Å². The van der Waals surface area contributed by atoms with Gasteiger partial charge in [-0.25, -0.2) is 4.52 Å². The van der Waals surface area contributed by atoms with Crippen molar-refractivity contribution in [2.75, 3.05) is 5.73 Å². The molecule has 0 fully saturated rings. The third-order valence-electron chi connectivity index (χ3n) is 3.90. The van der Waals surface area contributed by atoms with E-state index in [2.05, 4.69) is 5.10 Å². The molecule has 0 saturated carbocycles. The molecule has 22 heavy (non-hydrogen) atoms. The number of nitrogens with two attached hydrogens (primary N) is 2. The Morgan fingerprint density at radius 1 is 1.27 bits per heavy atom. The number of nitrogen functional groups attached to an aromatic ring is 1. The summed E-state index contributed by atoms with van der Waals surface area (Å²) in [5.74, 6) is -0.443. The predicted octanol–water partition coefficient (Wildman–Crippen LogP) is 2.00. The Morgan fingerprint density at radius 2 is 2.00 bits per heavy atom. The molecule has 3 aromatic rings. The SMILES string of the molecule is Cc1ccc(O)c(C)c1-c1cn2nccc2c(C(N)=O)c1N. The molecule has 3 rings (SSSR count). The minimum absolute atomic E-state index is 0.168. The average molecular weight is 296 g/mol. The molecule has 0 spiro atoms. The highest BCUT2D eigenvalue weighted by molar-refractivity contribution is 6.07. The van der Waals surface area contributed by atoms with Gasteiger partial charge in [-0.3, -0.25) is 4.79 Å². The highest BCUT2D eigenvalue weighted by atomic mass is 16.3. The highest BCUT2D eigenvalue weighted by Crippen LogP contribution is 2.37. The first-order valence-corrected chi connectivity index (χ1v) is 6.77. The maximum atomic E-state index is 11.8. The predicted molar refractivity (Wildman–Crippen MR) is 84.7 cm³/mol. The minimum Gasteiger partial charge on any atom is -0.508 e. The number of phenolic OH excluding ortho intramolecular Hbond substituents is 1. The molecule has 2 heterocycles. The van der Waals surface area contributed by atoms with Gasteiger partial charge in [0.1, 0.15) is 5.75 Å². The van der Waals surface area contributed by atoms with Gasteiger partial charge in [0.2, 0.25) is 0 Å². The van der Waals surface area contributed by atoms with Crippen molar-refractivity contribution >= 4 is 17.1 Å². The van der Waals surface area contributed by atoms with Crippen LogP contribution in [0.4, 0.5) is 5.69 Å². The van der Waals surface area contributed by atoms with Crippen LogP contribution in [-0.2, 0) is 0 Å². The lowest BCUT2D eigenvalue weighted by molar-refractivity contribution is 0.100. The van der Waals surface area contributed by atoms with Crippen LogP contribution < -0.4 is 11.5 Å². The van der Waals surface area contributed by atoms with Gasteiger partial charge in [-0.05, 0) is 42.7 Å². The van der Waals surface area contributed by atoms with Crippen molar-refractivity contribution in [1.82, 2.24) is 9.61 Å². The molecule has 0 atom stereocenters. The smallest absolute Gasteiger partial charge is 0.253 e. The summed E-state index contributed by atoms with van der Waals surface area (Å²) in [6, 6.07) is 5.11. The van der Waals surface area contributed by atoms with E-state index in [1.54, 1.807) is 42.0 Å². The second-order valence-corrected chi connectivity index (χ2v) is 5.26. The molecule has 2 aromatic heterocycles. The molecular formula is C16H16N4O2. The normalized spacial score (nSPS) is 11.0. The first-order chi connectivity index (χ1) is 10.4. The van der Waals surface area contributed by atoms with Gasteiger partial charge in [0.25, 0.3) is 5.91 Å². The lowest BCUT2D eigenvalue weighted by Gasteiger charge is -2.16. The van der Waals surface area contributed by atoms with Crippen LogP contribution in [0.5, 0.6) is 5.75 Å². The molecule has 1 aromatic carbocycles. The molecule has 6 heteroatoms. The third kappa shape index (κ3) is 1.88. The summed E-state index contributed by atoms with van der Waals surface area (Å²) in [5, 5.41) is 14.1. The fourth-order valence-electron chi connectivity index (χ4n) is 2.79. The van der Waals surface area contributed by atoms with Crippen LogP contribution in [0.25, 0.3) is 16.6 Å². The van der Waals surface area contributed by atoms with Gasteiger partial charge in [-0.1, -0.05) is 6.07 Å². The van der Waals surface area contributed by atoms with Crippen LogP contribution in [0.15, 0.2) is 30.6 Å². The maximum Gasteiger partial charge on any atom is 0.253 e. The maximum absolute atomic E-state index is 11.8. The van der Waals surface area contributed by atoms with Crippen molar-refractivity contribution in [3.63, 3.8) is 0 Å². The number of phenols is 1. The second kappa shape index (κ2) is 4.77. The quantitative estimate of drug-likeness (QED) is 0.672. The fourth-order valence-corrected chi connectivity index (χ4v) is 2.79. The summed E-state index contributed by atoms with van der Waals surface area (Å²) in [7, 11) is 0. The number of carbonyl (C=O) groups is 1. The number of aromatic hydroxyl groups is 1. The van der Waals surface area contributed by atoms with E-state index in [0.29, 0.717) is 16.6 Å². The van der Waals surface area contributed by atoms with Crippen LogP contribution in [0, 0.1) is 13.8 Å². The molecule has 5 N–H and O–H groups in total. The molecule has 0 aliphatic rings. The minimum atomic E-state index is -0.611. The standard InChI is InChI=1S/C16H16N4O2/c1-8-3-4-12(21)9(2)13(8)10-7-20-11(5-6-19-20)14(15(10)17)16(18)22/h3-7,21H,17H2,1-2H3,(H2,18,22). The lowest BCUT2D eigenvalue weighted by Crippen LogP contribution is -2.16. The summed E-state index contributed by atoms with van der Waals surface area (Å²) in [5.41, 5.74) is 15.8. The molecule has 0 aliphatic carbocycles. The number of nitrogens with zero attached hydrogens (tertiary/aromatic N) is 2. The third-order valence-corrected chi connectivity index (χ3v) is 3.90. The van der Waals surface area contributed by atoms with E-state index in [-0.39, 0.29) is 17.0 Å². The van der Waals surface area contributed by atoms with Crippen molar-refractivity contribution in [3.8, 4) is 16.9 Å². The Morgan fingerprint density at radius 3 is 2.68 bits per heavy atom. The van der Waals surface area contributed by atoms with Crippen LogP contribution in [0.3, 0.4) is 0 Å². The first-order valence-electron chi connectivity index (χ1n) is 6.77. The van der Waals surface area contributed by atoms with Crippen molar-refractivity contribution in [1.29, 1.82) is 0 Å². The van der Waals surface area contributed by atoms with Crippen molar-refractivity contribution in [2.45, 2.75) is 13.8 Å². The fraction of sp³-hybridized carbons (Fsp3) is 0.125. The Labute approximate surface area is 127 Å². The van der Waals surface area contributed by atoms with Gasteiger partial charge in [0, 0.05) is 11.8 Å². The molecular weight excluding hydrogens is 280 g/mol.